The zero-order chi connectivity index (χ0) is 8.15. The summed E-state index contributed by atoms with van der Waals surface area (Å²) in [6, 6.07) is 0. The van der Waals surface area contributed by atoms with Crippen LogP contribution in [-0.4, -0.2) is 26.2 Å². The summed E-state index contributed by atoms with van der Waals surface area (Å²) >= 11 is 1.73. The number of aliphatic carboxylic acids is 1. The molecule has 2 atom stereocenters. The van der Waals surface area contributed by atoms with Gasteiger partial charge in [0.2, 0.25) is 0 Å². The van der Waals surface area contributed by atoms with E-state index >= 15 is 0 Å². The number of hydrogen-bond donors (Lipinski definition) is 2. The van der Waals surface area contributed by atoms with Gasteiger partial charge >= 0.3 is 5.97 Å². The highest BCUT2D eigenvalue weighted by Gasteiger charge is 2.21. The number of aliphatic hydroxyl groups excluding tert-OH is 1. The summed E-state index contributed by atoms with van der Waals surface area (Å²) in [4.78, 5) is 10.2. The van der Waals surface area contributed by atoms with Gasteiger partial charge < -0.3 is 10.2 Å². The van der Waals surface area contributed by atoms with Crippen molar-refractivity contribution in [3.63, 3.8) is 0 Å². The van der Waals surface area contributed by atoms with Gasteiger partial charge in [0, 0.05) is 0 Å². The second kappa shape index (κ2) is 4.90. The van der Waals surface area contributed by atoms with Crippen molar-refractivity contribution >= 4 is 28.6 Å². The van der Waals surface area contributed by atoms with E-state index in [0.717, 1.165) is 6.42 Å². The molecule has 0 heterocycles. The third-order valence-electron chi connectivity index (χ3n) is 1.16. The lowest BCUT2D eigenvalue weighted by Crippen LogP contribution is -2.27. The highest BCUT2D eigenvalue weighted by Crippen LogP contribution is 2.11. The monoisotopic (exact) mass is 258 g/mol. The SMILES string of the molecule is CCCC(O)[C@@H](I)C(=O)O. The first-order chi connectivity index (χ1) is 4.59. The Kier molecular flexibility index (Phi) is 4.98. The Morgan fingerprint density at radius 2 is 2.20 bits per heavy atom. The van der Waals surface area contributed by atoms with Crippen LogP contribution in [0.5, 0.6) is 0 Å². The normalized spacial score (nSPS) is 16.3. The maximum atomic E-state index is 10.2. The molecule has 0 aliphatic heterocycles. The lowest BCUT2D eigenvalue weighted by Gasteiger charge is -2.11. The molecule has 0 aliphatic rings. The molecular weight excluding hydrogens is 247 g/mol. The predicted molar refractivity (Wildman–Crippen MR) is 46.4 cm³/mol. The summed E-state index contributed by atoms with van der Waals surface area (Å²) in [6.45, 7) is 1.91. The van der Waals surface area contributed by atoms with E-state index in [1.165, 1.54) is 0 Å². The van der Waals surface area contributed by atoms with Gasteiger partial charge in [-0.1, -0.05) is 35.9 Å². The molecule has 1 unspecified atom stereocenters. The van der Waals surface area contributed by atoms with Crippen molar-refractivity contribution in [3.8, 4) is 0 Å². The van der Waals surface area contributed by atoms with Crippen LogP contribution >= 0.6 is 22.6 Å². The molecule has 2 N–H and O–H groups in total. The second-order valence-electron chi connectivity index (χ2n) is 2.10. The van der Waals surface area contributed by atoms with Crippen molar-refractivity contribution in [1.29, 1.82) is 0 Å². The number of alkyl halides is 1. The number of carboxylic acids is 1. The fourth-order valence-electron chi connectivity index (χ4n) is 0.607. The van der Waals surface area contributed by atoms with Crippen LogP contribution in [0.15, 0.2) is 0 Å². The van der Waals surface area contributed by atoms with Gasteiger partial charge in [-0.05, 0) is 6.42 Å². The molecule has 3 nitrogen and oxygen atoms in total. The van der Waals surface area contributed by atoms with Gasteiger partial charge in [0.25, 0.3) is 0 Å². The summed E-state index contributed by atoms with van der Waals surface area (Å²) < 4.78 is -0.669. The van der Waals surface area contributed by atoms with Crippen molar-refractivity contribution in [1.82, 2.24) is 0 Å². The van der Waals surface area contributed by atoms with Crippen LogP contribution in [0.25, 0.3) is 0 Å². The maximum absolute atomic E-state index is 10.2. The number of carboxylic acid groups (broad SMARTS) is 1. The molecule has 0 aromatic carbocycles. The van der Waals surface area contributed by atoms with E-state index in [1.807, 2.05) is 6.92 Å². The Labute approximate surface area is 73.6 Å². The van der Waals surface area contributed by atoms with E-state index in [0.29, 0.717) is 6.42 Å². The largest absolute Gasteiger partial charge is 0.480 e. The van der Waals surface area contributed by atoms with Gasteiger partial charge in [0.15, 0.2) is 0 Å². The van der Waals surface area contributed by atoms with E-state index in [2.05, 4.69) is 0 Å². The Morgan fingerprint density at radius 3 is 2.50 bits per heavy atom. The van der Waals surface area contributed by atoms with Gasteiger partial charge in [-0.25, -0.2) is 0 Å². The Bertz CT molecular complexity index is 116. The van der Waals surface area contributed by atoms with Gasteiger partial charge in [-0.15, -0.1) is 0 Å². The third-order valence-corrected chi connectivity index (χ3v) is 2.52. The number of halogens is 1. The van der Waals surface area contributed by atoms with Crippen LogP contribution < -0.4 is 0 Å². The standard InChI is InChI=1S/C6H11IO3/c1-2-3-4(8)5(7)6(9)10/h4-5,8H,2-3H2,1H3,(H,9,10)/t4?,5-/m1/s1. The zero-order valence-corrected chi connectivity index (χ0v) is 7.91. The molecule has 0 saturated carbocycles. The maximum Gasteiger partial charge on any atom is 0.319 e. The zero-order valence-electron chi connectivity index (χ0n) is 5.75. The molecule has 0 amide bonds. The molecule has 0 aromatic heterocycles. The van der Waals surface area contributed by atoms with E-state index in [4.69, 9.17) is 10.2 Å². The molecule has 0 radical (unpaired) electrons. The van der Waals surface area contributed by atoms with Gasteiger partial charge in [0.1, 0.15) is 3.92 Å². The highest BCUT2D eigenvalue weighted by atomic mass is 127. The van der Waals surface area contributed by atoms with Crippen molar-refractivity contribution in [3.05, 3.63) is 0 Å². The minimum atomic E-state index is -0.943. The summed E-state index contributed by atoms with van der Waals surface area (Å²) in [5, 5.41) is 17.5. The lowest BCUT2D eigenvalue weighted by molar-refractivity contribution is -0.137. The van der Waals surface area contributed by atoms with Gasteiger partial charge in [-0.2, -0.15) is 0 Å². The van der Waals surface area contributed by atoms with Crippen LogP contribution in [0.4, 0.5) is 0 Å². The van der Waals surface area contributed by atoms with Crippen LogP contribution in [0, 0.1) is 0 Å². The minimum absolute atomic E-state index is 0.555. The van der Waals surface area contributed by atoms with Gasteiger partial charge in [-0.3, -0.25) is 4.79 Å². The number of hydrogen-bond acceptors (Lipinski definition) is 2. The van der Waals surface area contributed by atoms with Crippen molar-refractivity contribution < 1.29 is 15.0 Å². The first-order valence-electron chi connectivity index (χ1n) is 3.14. The van der Waals surface area contributed by atoms with Crippen LogP contribution in [0.2, 0.25) is 0 Å². The van der Waals surface area contributed by atoms with E-state index < -0.39 is 16.0 Å². The molecule has 0 aromatic rings. The molecular formula is C6H11IO3. The lowest BCUT2D eigenvalue weighted by atomic mass is 10.1. The fourth-order valence-corrected chi connectivity index (χ4v) is 0.966. The van der Waals surface area contributed by atoms with Crippen molar-refractivity contribution in [2.75, 3.05) is 0 Å². The quantitative estimate of drug-likeness (QED) is 0.585. The van der Waals surface area contributed by atoms with Crippen molar-refractivity contribution in [2.24, 2.45) is 0 Å². The van der Waals surface area contributed by atoms with Crippen molar-refractivity contribution in [2.45, 2.75) is 29.8 Å². The number of aliphatic hydroxyl groups is 1. The number of carbonyl (C=O) groups is 1. The minimum Gasteiger partial charge on any atom is -0.480 e. The first kappa shape index (κ1) is 10.2. The van der Waals surface area contributed by atoms with Crippen LogP contribution in [0.1, 0.15) is 19.8 Å². The molecule has 0 rings (SSSR count). The molecule has 0 bridgehead atoms. The molecule has 10 heavy (non-hydrogen) atoms. The summed E-state index contributed by atoms with van der Waals surface area (Å²) in [6.07, 6.45) is 0.663. The molecule has 0 fully saturated rings. The molecule has 60 valence electrons. The molecule has 4 heteroatoms. The Morgan fingerprint density at radius 1 is 1.70 bits per heavy atom. The molecule has 0 saturated heterocycles. The average Bonchev–Trinajstić information content (AvgIpc) is 1.87. The van der Waals surface area contributed by atoms with E-state index in [1.54, 1.807) is 22.6 Å². The third kappa shape index (κ3) is 3.36. The smallest absolute Gasteiger partial charge is 0.319 e. The summed E-state index contributed by atoms with van der Waals surface area (Å²) in [7, 11) is 0. The fraction of sp³-hybridized carbons (Fsp3) is 0.833. The topological polar surface area (TPSA) is 57.5 Å². The Hall–Kier alpha value is 0.160. The molecule has 0 spiro atoms. The summed E-state index contributed by atoms with van der Waals surface area (Å²) in [5.41, 5.74) is 0. The number of rotatable bonds is 4. The van der Waals surface area contributed by atoms with Crippen LogP contribution in [-0.2, 0) is 4.79 Å². The van der Waals surface area contributed by atoms with E-state index in [-0.39, 0.29) is 0 Å². The predicted octanol–water partition coefficient (Wildman–Crippen LogP) is 1.04. The highest BCUT2D eigenvalue weighted by molar-refractivity contribution is 14.1. The first-order valence-corrected chi connectivity index (χ1v) is 4.39. The average molecular weight is 258 g/mol. The van der Waals surface area contributed by atoms with Crippen LogP contribution in [0.3, 0.4) is 0 Å². The van der Waals surface area contributed by atoms with E-state index in [9.17, 15) is 4.79 Å². The summed E-state index contributed by atoms with van der Waals surface area (Å²) in [5.74, 6) is -0.943. The molecule has 0 aliphatic carbocycles. The second-order valence-corrected chi connectivity index (χ2v) is 3.44. The van der Waals surface area contributed by atoms with Gasteiger partial charge in [0.05, 0.1) is 6.10 Å². The Balaban J connectivity index is 3.69.